The lowest BCUT2D eigenvalue weighted by atomic mass is 10.2. The van der Waals surface area contributed by atoms with Crippen LogP contribution < -0.4 is 10.1 Å². The van der Waals surface area contributed by atoms with E-state index in [0.717, 1.165) is 5.56 Å². The van der Waals surface area contributed by atoms with E-state index in [0.29, 0.717) is 34.4 Å². The molecule has 1 amide bonds. The number of hydrogen-bond acceptors (Lipinski definition) is 6. The van der Waals surface area contributed by atoms with Gasteiger partial charge in [-0.3, -0.25) is 9.59 Å². The van der Waals surface area contributed by atoms with Crippen LogP contribution in [0.3, 0.4) is 0 Å². The molecule has 7 heteroatoms. The highest BCUT2D eigenvalue weighted by molar-refractivity contribution is 7.12. The zero-order valence-corrected chi connectivity index (χ0v) is 16.7. The van der Waals surface area contributed by atoms with Crippen molar-refractivity contribution in [1.82, 2.24) is 4.98 Å². The minimum absolute atomic E-state index is 0.144. The Kier molecular flexibility index (Phi) is 6.01. The Bertz CT molecular complexity index is 1120. The van der Waals surface area contributed by atoms with Crippen molar-refractivity contribution in [1.29, 1.82) is 0 Å². The van der Waals surface area contributed by atoms with Crippen LogP contribution >= 0.6 is 11.3 Å². The molecule has 0 saturated heterocycles. The molecule has 0 saturated carbocycles. The van der Waals surface area contributed by atoms with Crippen molar-refractivity contribution in [2.45, 2.75) is 12.8 Å². The number of oxazole rings is 1. The Hall–Kier alpha value is -3.71. The third kappa shape index (κ3) is 5.01. The minimum atomic E-state index is -0.384. The normalized spacial score (nSPS) is 10.5. The molecule has 0 spiro atoms. The molecule has 0 unspecified atom stereocenters. The molecular weight excluding hydrogens is 400 g/mol. The first-order valence-corrected chi connectivity index (χ1v) is 10.2. The van der Waals surface area contributed by atoms with E-state index >= 15 is 0 Å². The van der Waals surface area contributed by atoms with E-state index < -0.39 is 0 Å². The van der Waals surface area contributed by atoms with Crippen molar-refractivity contribution in [3.63, 3.8) is 0 Å². The first-order valence-electron chi connectivity index (χ1n) is 9.33. The maximum absolute atomic E-state index is 12.1. The van der Waals surface area contributed by atoms with Gasteiger partial charge in [-0.25, -0.2) is 4.98 Å². The molecule has 1 N–H and O–H groups in total. The molecule has 2 aromatic heterocycles. The van der Waals surface area contributed by atoms with Crippen molar-refractivity contribution >= 4 is 28.9 Å². The van der Waals surface area contributed by atoms with E-state index in [2.05, 4.69) is 10.3 Å². The van der Waals surface area contributed by atoms with Crippen LogP contribution in [0, 0.1) is 0 Å². The molecule has 0 atom stereocenters. The first-order chi connectivity index (χ1) is 14.7. The molecule has 6 nitrogen and oxygen atoms in total. The predicted octanol–water partition coefficient (Wildman–Crippen LogP) is 5.19. The minimum Gasteiger partial charge on any atom is -0.441 e. The number of rotatable bonds is 7. The number of benzene rings is 2. The van der Waals surface area contributed by atoms with E-state index in [9.17, 15) is 9.59 Å². The zero-order valence-electron chi connectivity index (χ0n) is 15.9. The van der Waals surface area contributed by atoms with Gasteiger partial charge in [0.05, 0.1) is 17.5 Å². The fraction of sp³-hybridized carbons (Fsp3) is 0.0870. The number of hydrogen-bond donors (Lipinski definition) is 1. The second kappa shape index (κ2) is 9.19. The summed E-state index contributed by atoms with van der Waals surface area (Å²) in [7, 11) is 0. The lowest BCUT2D eigenvalue weighted by Crippen LogP contribution is -2.11. The lowest BCUT2D eigenvalue weighted by Gasteiger charge is -2.06. The fourth-order valence-electron chi connectivity index (χ4n) is 2.76. The summed E-state index contributed by atoms with van der Waals surface area (Å²) in [6.07, 6.45) is 2.14. The Morgan fingerprint density at radius 1 is 1.00 bits per heavy atom. The second-order valence-corrected chi connectivity index (χ2v) is 7.36. The summed E-state index contributed by atoms with van der Waals surface area (Å²) in [6, 6.07) is 19.9. The van der Waals surface area contributed by atoms with E-state index in [4.69, 9.17) is 9.15 Å². The highest BCUT2D eigenvalue weighted by Crippen LogP contribution is 2.21. The van der Waals surface area contributed by atoms with Crippen molar-refractivity contribution in [2.24, 2.45) is 0 Å². The molecule has 0 aliphatic rings. The van der Waals surface area contributed by atoms with Crippen LogP contribution in [0.25, 0.3) is 11.3 Å². The van der Waals surface area contributed by atoms with Gasteiger partial charge >= 0.3 is 5.97 Å². The van der Waals surface area contributed by atoms with Crippen LogP contribution in [-0.4, -0.2) is 16.9 Å². The molecule has 2 aromatic carbocycles. The number of amides is 1. The molecule has 0 bridgehead atoms. The van der Waals surface area contributed by atoms with Crippen LogP contribution in [-0.2, 0) is 11.2 Å². The van der Waals surface area contributed by atoms with Crippen molar-refractivity contribution in [2.75, 3.05) is 5.32 Å². The number of anilines is 1. The average Bonchev–Trinajstić information content (AvgIpc) is 3.47. The van der Waals surface area contributed by atoms with Gasteiger partial charge < -0.3 is 14.5 Å². The van der Waals surface area contributed by atoms with Crippen LogP contribution in [0.5, 0.6) is 5.75 Å². The smallest absolute Gasteiger partial charge is 0.311 e. The third-order valence-corrected chi connectivity index (χ3v) is 5.11. The molecule has 4 aromatic rings. The van der Waals surface area contributed by atoms with Gasteiger partial charge in [0.15, 0.2) is 11.7 Å². The third-order valence-electron chi connectivity index (χ3n) is 4.24. The maximum Gasteiger partial charge on any atom is 0.311 e. The summed E-state index contributed by atoms with van der Waals surface area (Å²) in [5.74, 6) is 1.00. The van der Waals surface area contributed by atoms with E-state index in [1.54, 1.807) is 36.5 Å². The molecule has 150 valence electrons. The number of nitrogens with zero attached hydrogens (tertiary/aromatic N) is 1. The maximum atomic E-state index is 12.1. The Labute approximate surface area is 177 Å². The fourth-order valence-corrected chi connectivity index (χ4v) is 3.38. The highest BCUT2D eigenvalue weighted by atomic mass is 32.1. The van der Waals surface area contributed by atoms with Gasteiger partial charge in [-0.1, -0.05) is 36.4 Å². The second-order valence-electron chi connectivity index (χ2n) is 6.41. The quantitative estimate of drug-likeness (QED) is 0.330. The largest absolute Gasteiger partial charge is 0.441 e. The van der Waals surface area contributed by atoms with Crippen LogP contribution in [0.15, 0.2) is 82.7 Å². The van der Waals surface area contributed by atoms with E-state index in [1.165, 1.54) is 11.3 Å². The average molecular weight is 418 g/mol. The topological polar surface area (TPSA) is 81.4 Å². The van der Waals surface area contributed by atoms with Crippen molar-refractivity contribution in [3.05, 3.63) is 89.1 Å². The molecule has 0 aliphatic heterocycles. The van der Waals surface area contributed by atoms with Gasteiger partial charge in [0.1, 0.15) is 5.75 Å². The van der Waals surface area contributed by atoms with E-state index in [-0.39, 0.29) is 18.3 Å². The molecule has 2 heterocycles. The summed E-state index contributed by atoms with van der Waals surface area (Å²) in [6.45, 7) is 0. The van der Waals surface area contributed by atoms with Gasteiger partial charge in [0.25, 0.3) is 5.91 Å². The standard InChI is InChI=1S/C23H18N2O4S/c26-22(13-12-21-24-15-19(29-21)16-5-2-1-3-6-16)28-18-10-8-17(9-11-18)25-23(27)20-7-4-14-30-20/h1-11,14-15H,12-13H2,(H,25,27). The number of thiophene rings is 1. The predicted molar refractivity (Wildman–Crippen MR) is 115 cm³/mol. The molecule has 30 heavy (non-hydrogen) atoms. The van der Waals surface area contributed by atoms with Gasteiger partial charge in [-0.15, -0.1) is 11.3 Å². The van der Waals surface area contributed by atoms with Crippen molar-refractivity contribution < 1.29 is 18.7 Å². The van der Waals surface area contributed by atoms with E-state index in [1.807, 2.05) is 41.8 Å². The number of aromatic nitrogens is 1. The van der Waals surface area contributed by atoms with Crippen LogP contribution in [0.1, 0.15) is 22.0 Å². The number of aryl methyl sites for hydroxylation is 1. The number of ether oxygens (including phenoxy) is 1. The monoisotopic (exact) mass is 418 g/mol. The molecule has 0 radical (unpaired) electrons. The van der Waals surface area contributed by atoms with Gasteiger partial charge in [0.2, 0.25) is 0 Å². The van der Waals surface area contributed by atoms with Crippen LogP contribution in [0.2, 0.25) is 0 Å². The Morgan fingerprint density at radius 2 is 1.80 bits per heavy atom. The first kappa shape index (κ1) is 19.6. The van der Waals surface area contributed by atoms with Gasteiger partial charge in [-0.05, 0) is 35.7 Å². The van der Waals surface area contributed by atoms with Crippen molar-refractivity contribution in [3.8, 4) is 17.1 Å². The van der Waals surface area contributed by atoms with Gasteiger partial charge in [0, 0.05) is 17.7 Å². The molecule has 4 rings (SSSR count). The summed E-state index contributed by atoms with van der Waals surface area (Å²) in [5.41, 5.74) is 1.56. The summed E-state index contributed by atoms with van der Waals surface area (Å²) in [4.78, 5) is 29.0. The lowest BCUT2D eigenvalue weighted by molar-refractivity contribution is -0.134. The summed E-state index contributed by atoms with van der Waals surface area (Å²) in [5, 5.41) is 4.64. The number of esters is 1. The SMILES string of the molecule is O=C(CCc1ncc(-c2ccccc2)o1)Oc1ccc(NC(=O)c2cccs2)cc1. The number of carbonyl (C=O) groups is 2. The van der Waals surface area contributed by atoms with Gasteiger partial charge in [-0.2, -0.15) is 0 Å². The molecule has 0 aliphatic carbocycles. The highest BCUT2D eigenvalue weighted by Gasteiger charge is 2.11. The molecule has 0 fully saturated rings. The van der Waals surface area contributed by atoms with Crippen LogP contribution in [0.4, 0.5) is 5.69 Å². The summed E-state index contributed by atoms with van der Waals surface area (Å²) >= 11 is 1.37. The number of nitrogens with one attached hydrogen (secondary N) is 1. The Balaban J connectivity index is 1.27. The summed E-state index contributed by atoms with van der Waals surface area (Å²) < 4.78 is 11.0. The number of carbonyl (C=O) groups excluding carboxylic acids is 2. The molecular formula is C23H18N2O4S. The Morgan fingerprint density at radius 3 is 2.53 bits per heavy atom. The zero-order chi connectivity index (χ0) is 20.8.